The number of hydrogen-bond donors (Lipinski definition) is 0. The van der Waals surface area contributed by atoms with Crippen LogP contribution in [0.4, 0.5) is 0 Å². The molecule has 124 valence electrons. The molecule has 1 amide bonds. The van der Waals surface area contributed by atoms with Gasteiger partial charge >= 0.3 is 0 Å². The van der Waals surface area contributed by atoms with Gasteiger partial charge in [-0.2, -0.15) is 0 Å². The highest BCUT2D eigenvalue weighted by Gasteiger charge is 2.17. The fourth-order valence-electron chi connectivity index (χ4n) is 3.49. The molecule has 1 aromatic heterocycles. The van der Waals surface area contributed by atoms with E-state index in [1.807, 2.05) is 4.90 Å². The Bertz CT molecular complexity index is 668. The van der Waals surface area contributed by atoms with Gasteiger partial charge in [-0.05, 0) is 51.4 Å². The van der Waals surface area contributed by atoms with Gasteiger partial charge < -0.3 is 9.47 Å². The highest BCUT2D eigenvalue weighted by Crippen LogP contribution is 2.23. The van der Waals surface area contributed by atoms with E-state index in [0.29, 0.717) is 12.3 Å². The lowest BCUT2D eigenvalue weighted by Gasteiger charge is -2.26. The summed E-state index contributed by atoms with van der Waals surface area (Å²) in [6.07, 6.45) is 7.25. The number of aromatic nitrogens is 1. The minimum absolute atomic E-state index is 0.314. The summed E-state index contributed by atoms with van der Waals surface area (Å²) in [6, 6.07) is 8.49. The molecule has 0 N–H and O–H groups in total. The first-order valence-electron chi connectivity index (χ1n) is 8.64. The van der Waals surface area contributed by atoms with Gasteiger partial charge in [0, 0.05) is 36.6 Å². The summed E-state index contributed by atoms with van der Waals surface area (Å²) in [5.41, 5.74) is 2.54. The summed E-state index contributed by atoms with van der Waals surface area (Å²) < 4.78 is 2.27. The van der Waals surface area contributed by atoms with Crippen molar-refractivity contribution >= 4 is 16.8 Å². The monoisotopic (exact) mass is 313 g/mol. The van der Waals surface area contributed by atoms with Gasteiger partial charge in [0.15, 0.2) is 0 Å². The molecule has 4 heteroatoms. The van der Waals surface area contributed by atoms with Crippen LogP contribution in [0.25, 0.3) is 10.9 Å². The third kappa shape index (κ3) is 3.75. The van der Waals surface area contributed by atoms with Gasteiger partial charge in [0.25, 0.3) is 0 Å². The minimum Gasteiger partial charge on any atom is -0.343 e. The summed E-state index contributed by atoms with van der Waals surface area (Å²) >= 11 is 0. The van der Waals surface area contributed by atoms with E-state index in [1.165, 1.54) is 22.9 Å². The first kappa shape index (κ1) is 16.1. The molecule has 0 unspecified atom stereocenters. The lowest BCUT2D eigenvalue weighted by molar-refractivity contribution is -0.132. The second kappa shape index (κ2) is 7.18. The number of aryl methyl sites for hydroxylation is 1. The van der Waals surface area contributed by atoms with E-state index in [1.54, 1.807) is 0 Å². The highest BCUT2D eigenvalue weighted by atomic mass is 16.2. The molecule has 2 aromatic rings. The molecule has 1 fully saturated rings. The summed E-state index contributed by atoms with van der Waals surface area (Å²) in [5.74, 6) is 0.314. The van der Waals surface area contributed by atoms with Crippen LogP contribution in [0.5, 0.6) is 0 Å². The highest BCUT2D eigenvalue weighted by molar-refractivity contribution is 5.85. The third-order valence-corrected chi connectivity index (χ3v) is 4.62. The quantitative estimate of drug-likeness (QED) is 0.848. The maximum atomic E-state index is 12.4. The van der Waals surface area contributed by atoms with Crippen molar-refractivity contribution in [1.82, 2.24) is 14.4 Å². The Morgan fingerprint density at radius 1 is 1.13 bits per heavy atom. The summed E-state index contributed by atoms with van der Waals surface area (Å²) in [7, 11) is 4.16. The Morgan fingerprint density at radius 2 is 1.87 bits per heavy atom. The summed E-state index contributed by atoms with van der Waals surface area (Å²) in [4.78, 5) is 16.6. The molecule has 1 aromatic carbocycles. The summed E-state index contributed by atoms with van der Waals surface area (Å²) in [5, 5.41) is 1.28. The van der Waals surface area contributed by atoms with Crippen LogP contribution in [0, 0.1) is 0 Å². The van der Waals surface area contributed by atoms with E-state index in [9.17, 15) is 4.79 Å². The maximum Gasteiger partial charge on any atom is 0.222 e. The lowest BCUT2D eigenvalue weighted by atomic mass is 10.1. The molecule has 1 aliphatic rings. The number of nitrogens with zero attached hydrogens (tertiary/aromatic N) is 3. The Morgan fingerprint density at radius 3 is 2.61 bits per heavy atom. The van der Waals surface area contributed by atoms with Crippen LogP contribution in [-0.4, -0.2) is 47.5 Å². The molecule has 4 nitrogen and oxygen atoms in total. The molecule has 23 heavy (non-hydrogen) atoms. The molecule has 0 radical (unpaired) electrons. The van der Waals surface area contributed by atoms with Crippen LogP contribution in [0.15, 0.2) is 30.5 Å². The van der Waals surface area contributed by atoms with Gasteiger partial charge in [0.2, 0.25) is 5.91 Å². The second-order valence-electron chi connectivity index (χ2n) is 6.80. The topological polar surface area (TPSA) is 28.5 Å². The number of rotatable bonds is 5. The molecule has 1 aliphatic heterocycles. The molecule has 0 aliphatic carbocycles. The van der Waals surface area contributed by atoms with Crippen molar-refractivity contribution < 1.29 is 4.79 Å². The average molecular weight is 313 g/mol. The zero-order valence-electron chi connectivity index (χ0n) is 14.3. The van der Waals surface area contributed by atoms with Crippen LogP contribution in [0.3, 0.4) is 0 Å². The number of amides is 1. The number of fused-ring (bicyclic) bond motifs is 1. The van der Waals surface area contributed by atoms with Gasteiger partial charge in [-0.3, -0.25) is 9.69 Å². The lowest BCUT2D eigenvalue weighted by Crippen LogP contribution is -2.35. The van der Waals surface area contributed by atoms with Gasteiger partial charge in [-0.1, -0.05) is 18.2 Å². The van der Waals surface area contributed by atoms with Crippen molar-refractivity contribution in [2.24, 2.45) is 0 Å². The van der Waals surface area contributed by atoms with Gasteiger partial charge in [-0.25, -0.2) is 0 Å². The zero-order chi connectivity index (χ0) is 16.2. The van der Waals surface area contributed by atoms with Crippen molar-refractivity contribution in [3.63, 3.8) is 0 Å². The van der Waals surface area contributed by atoms with Crippen LogP contribution in [0.1, 0.15) is 31.2 Å². The van der Waals surface area contributed by atoms with Crippen molar-refractivity contribution in [3.05, 3.63) is 36.0 Å². The second-order valence-corrected chi connectivity index (χ2v) is 6.80. The molecule has 0 saturated carbocycles. The van der Waals surface area contributed by atoms with Crippen LogP contribution in [0.2, 0.25) is 0 Å². The predicted octanol–water partition coefficient (Wildman–Crippen LogP) is 3.11. The number of likely N-dealkylation sites (tertiary alicyclic amines) is 1. The Balaban J connectivity index is 1.73. The van der Waals surface area contributed by atoms with E-state index < -0.39 is 0 Å². The van der Waals surface area contributed by atoms with E-state index in [2.05, 4.69) is 54.0 Å². The Labute approximate surface area is 138 Å². The molecular formula is C19H27N3O. The van der Waals surface area contributed by atoms with Crippen LogP contribution < -0.4 is 0 Å². The van der Waals surface area contributed by atoms with Gasteiger partial charge in [-0.15, -0.1) is 0 Å². The van der Waals surface area contributed by atoms with Gasteiger partial charge in [0.1, 0.15) is 0 Å². The Kier molecular flexibility index (Phi) is 5.01. The number of carbonyl (C=O) groups excluding carboxylic acids is 1. The van der Waals surface area contributed by atoms with Crippen molar-refractivity contribution in [3.8, 4) is 0 Å². The van der Waals surface area contributed by atoms with Gasteiger partial charge in [0.05, 0.1) is 6.67 Å². The molecule has 0 atom stereocenters. The maximum absolute atomic E-state index is 12.4. The fourth-order valence-corrected chi connectivity index (χ4v) is 3.49. The zero-order valence-corrected chi connectivity index (χ0v) is 14.3. The van der Waals surface area contributed by atoms with E-state index in [0.717, 1.165) is 39.0 Å². The predicted molar refractivity (Wildman–Crippen MR) is 94.4 cm³/mol. The molecule has 2 heterocycles. The first-order chi connectivity index (χ1) is 11.1. The van der Waals surface area contributed by atoms with Crippen molar-refractivity contribution in [2.45, 2.75) is 38.8 Å². The molecule has 0 spiro atoms. The first-order valence-corrected chi connectivity index (χ1v) is 8.64. The summed E-state index contributed by atoms with van der Waals surface area (Å²) in [6.45, 7) is 2.75. The number of piperidine rings is 1. The SMILES string of the molecule is CN(C)Cn1cc(CCC(=O)N2CCCCC2)c2ccccc21. The van der Waals surface area contributed by atoms with Crippen LogP contribution in [-0.2, 0) is 17.9 Å². The normalized spacial score (nSPS) is 15.5. The standard InChI is InChI=1S/C19H27N3O/c1-20(2)15-22-14-16(17-8-4-5-9-18(17)22)10-11-19(23)21-12-6-3-7-13-21/h4-5,8-9,14H,3,6-7,10-13,15H2,1-2H3. The van der Waals surface area contributed by atoms with E-state index >= 15 is 0 Å². The van der Waals surface area contributed by atoms with Crippen molar-refractivity contribution in [2.75, 3.05) is 27.2 Å². The molecule has 0 bridgehead atoms. The number of hydrogen-bond acceptors (Lipinski definition) is 2. The average Bonchev–Trinajstić information content (AvgIpc) is 2.91. The molecule has 3 rings (SSSR count). The fraction of sp³-hybridized carbons (Fsp3) is 0.526. The molecule has 1 saturated heterocycles. The van der Waals surface area contributed by atoms with E-state index in [-0.39, 0.29) is 0 Å². The van der Waals surface area contributed by atoms with Crippen molar-refractivity contribution in [1.29, 1.82) is 0 Å². The number of benzene rings is 1. The largest absolute Gasteiger partial charge is 0.343 e. The smallest absolute Gasteiger partial charge is 0.222 e. The number of para-hydroxylation sites is 1. The van der Waals surface area contributed by atoms with Crippen LogP contribution >= 0.6 is 0 Å². The van der Waals surface area contributed by atoms with E-state index in [4.69, 9.17) is 0 Å². The Hall–Kier alpha value is -1.81. The third-order valence-electron chi connectivity index (χ3n) is 4.62. The minimum atomic E-state index is 0.314. The molecular weight excluding hydrogens is 286 g/mol. The number of carbonyl (C=O) groups is 1.